The first-order valence-corrected chi connectivity index (χ1v) is 11.2. The van der Waals surface area contributed by atoms with E-state index in [1.54, 1.807) is 0 Å². The second-order valence-corrected chi connectivity index (χ2v) is 7.54. The molecule has 0 aromatic heterocycles. The Labute approximate surface area is 199 Å². The van der Waals surface area contributed by atoms with Crippen LogP contribution in [0, 0.1) is 0 Å². The zero-order valence-corrected chi connectivity index (χ0v) is 19.1. The van der Waals surface area contributed by atoms with Gasteiger partial charge in [-0.15, -0.1) is 0 Å². The molecule has 0 N–H and O–H groups in total. The van der Waals surface area contributed by atoms with Gasteiger partial charge in [0.15, 0.2) is 0 Å². The van der Waals surface area contributed by atoms with Crippen LogP contribution in [0.5, 0.6) is 0 Å². The van der Waals surface area contributed by atoms with Gasteiger partial charge >= 0.3 is 23.9 Å². The molecular formula is C26H30O8. The largest absolute Gasteiger partial charge is 0.428 e. The number of esters is 4. The molecule has 34 heavy (non-hydrogen) atoms. The van der Waals surface area contributed by atoms with E-state index in [0.717, 1.165) is 24.0 Å². The highest BCUT2D eigenvalue weighted by molar-refractivity contribution is 5.73. The predicted octanol–water partition coefficient (Wildman–Crippen LogP) is 3.90. The lowest BCUT2D eigenvalue weighted by atomic mass is 10.1. The molecule has 0 unspecified atom stereocenters. The van der Waals surface area contributed by atoms with Crippen molar-refractivity contribution in [1.82, 2.24) is 0 Å². The van der Waals surface area contributed by atoms with Crippen LogP contribution in [0.4, 0.5) is 0 Å². The van der Waals surface area contributed by atoms with Crippen LogP contribution in [0.3, 0.4) is 0 Å². The van der Waals surface area contributed by atoms with E-state index >= 15 is 0 Å². The second-order valence-electron chi connectivity index (χ2n) is 7.54. The zero-order valence-electron chi connectivity index (χ0n) is 19.1. The van der Waals surface area contributed by atoms with Crippen molar-refractivity contribution in [3.8, 4) is 0 Å². The van der Waals surface area contributed by atoms with Gasteiger partial charge in [-0.25, -0.2) is 0 Å². The highest BCUT2D eigenvalue weighted by Crippen LogP contribution is 2.08. The Morgan fingerprint density at radius 2 is 0.824 bits per heavy atom. The molecule has 8 heteroatoms. The maximum Gasteiger partial charge on any atom is 0.313 e. The van der Waals surface area contributed by atoms with Crippen LogP contribution >= 0.6 is 0 Å². The van der Waals surface area contributed by atoms with Crippen molar-refractivity contribution in [3.63, 3.8) is 0 Å². The van der Waals surface area contributed by atoms with E-state index < -0.39 is 37.5 Å². The summed E-state index contributed by atoms with van der Waals surface area (Å²) < 4.78 is 19.6. The van der Waals surface area contributed by atoms with E-state index in [2.05, 4.69) is 0 Å². The van der Waals surface area contributed by atoms with Gasteiger partial charge in [0, 0.05) is 12.8 Å². The molecule has 0 saturated heterocycles. The van der Waals surface area contributed by atoms with E-state index in [0.29, 0.717) is 12.8 Å². The molecule has 0 spiro atoms. The molecule has 0 saturated carbocycles. The van der Waals surface area contributed by atoms with E-state index in [4.69, 9.17) is 18.9 Å². The minimum atomic E-state index is -0.461. The lowest BCUT2D eigenvalue weighted by Gasteiger charge is -2.07. The summed E-state index contributed by atoms with van der Waals surface area (Å²) in [6.07, 6.45) is 3.33. The minimum Gasteiger partial charge on any atom is -0.428 e. The molecular weight excluding hydrogens is 440 g/mol. The van der Waals surface area contributed by atoms with Gasteiger partial charge in [-0.05, 0) is 24.0 Å². The fraction of sp³-hybridized carbons (Fsp3) is 0.385. The number of carbonyl (C=O) groups excluding carboxylic acids is 4. The summed E-state index contributed by atoms with van der Waals surface area (Å²) in [4.78, 5) is 46.7. The number of rotatable bonds is 15. The molecule has 0 amide bonds. The van der Waals surface area contributed by atoms with Crippen molar-refractivity contribution in [2.45, 2.75) is 51.4 Å². The van der Waals surface area contributed by atoms with Gasteiger partial charge < -0.3 is 18.9 Å². The fourth-order valence-electron chi connectivity index (χ4n) is 2.99. The Hall–Kier alpha value is -3.68. The number of hydrogen-bond donors (Lipinski definition) is 0. The maximum atomic E-state index is 11.7. The molecule has 8 nitrogen and oxygen atoms in total. The Kier molecular flexibility index (Phi) is 12.5. The molecule has 0 heterocycles. The Morgan fingerprint density at radius 1 is 0.471 bits per heavy atom. The standard InChI is InChI=1S/C26H30O8/c27-23(31-19-33-25(29)17-21-11-5-3-6-12-21)15-9-1-2-10-16-24(28)32-20-34-26(30)18-22-13-7-4-8-14-22/h3-8,11-14H,1-2,9-10,15-20H2. The quantitative estimate of drug-likeness (QED) is 0.219. The van der Waals surface area contributed by atoms with Gasteiger partial charge in [0.25, 0.3) is 0 Å². The van der Waals surface area contributed by atoms with E-state index in [1.807, 2.05) is 60.7 Å². The smallest absolute Gasteiger partial charge is 0.313 e. The fourth-order valence-corrected chi connectivity index (χ4v) is 2.99. The molecule has 2 aromatic rings. The summed E-state index contributed by atoms with van der Waals surface area (Å²) in [6.45, 7) is -0.793. The summed E-state index contributed by atoms with van der Waals surface area (Å²) in [5, 5.41) is 0. The van der Waals surface area contributed by atoms with Crippen LogP contribution < -0.4 is 0 Å². The van der Waals surface area contributed by atoms with Crippen molar-refractivity contribution in [2.24, 2.45) is 0 Å². The lowest BCUT2D eigenvalue weighted by molar-refractivity contribution is -0.168. The summed E-state index contributed by atoms with van der Waals surface area (Å²) >= 11 is 0. The van der Waals surface area contributed by atoms with Gasteiger partial charge in [-0.2, -0.15) is 0 Å². The number of benzene rings is 2. The molecule has 0 fully saturated rings. The van der Waals surface area contributed by atoms with Crippen LogP contribution in [0.15, 0.2) is 60.7 Å². The molecule has 0 atom stereocenters. The van der Waals surface area contributed by atoms with E-state index in [-0.39, 0.29) is 25.7 Å². The molecule has 0 aliphatic rings. The molecule has 2 aromatic carbocycles. The summed E-state index contributed by atoms with van der Waals surface area (Å²) in [6, 6.07) is 18.3. The van der Waals surface area contributed by atoms with E-state index in [1.165, 1.54) is 0 Å². The molecule has 0 aliphatic heterocycles. The number of carbonyl (C=O) groups is 4. The van der Waals surface area contributed by atoms with Gasteiger partial charge in [0.1, 0.15) is 0 Å². The topological polar surface area (TPSA) is 105 Å². The molecule has 182 valence electrons. The summed E-state index contributed by atoms with van der Waals surface area (Å²) in [5.41, 5.74) is 1.65. The predicted molar refractivity (Wildman–Crippen MR) is 122 cm³/mol. The average Bonchev–Trinajstić information content (AvgIpc) is 2.82. The lowest BCUT2D eigenvalue weighted by Crippen LogP contribution is -2.14. The van der Waals surface area contributed by atoms with Crippen molar-refractivity contribution < 1.29 is 38.1 Å². The molecule has 0 bridgehead atoms. The van der Waals surface area contributed by atoms with E-state index in [9.17, 15) is 19.2 Å². The third kappa shape index (κ3) is 12.4. The van der Waals surface area contributed by atoms with Crippen molar-refractivity contribution >= 4 is 23.9 Å². The average molecular weight is 471 g/mol. The third-order valence-corrected chi connectivity index (χ3v) is 4.77. The van der Waals surface area contributed by atoms with Crippen LogP contribution in [0.2, 0.25) is 0 Å². The van der Waals surface area contributed by atoms with Crippen LogP contribution in [0.1, 0.15) is 49.7 Å². The van der Waals surface area contributed by atoms with Gasteiger partial charge in [-0.3, -0.25) is 19.2 Å². The van der Waals surface area contributed by atoms with Crippen LogP contribution in [0.25, 0.3) is 0 Å². The Balaban J connectivity index is 1.40. The SMILES string of the molecule is O=C(CCCCCCC(=O)OCOC(=O)Cc1ccccc1)OCOC(=O)Cc1ccccc1. The summed E-state index contributed by atoms with van der Waals surface area (Å²) in [7, 11) is 0. The van der Waals surface area contributed by atoms with Gasteiger partial charge in [0.05, 0.1) is 12.8 Å². The number of unbranched alkanes of at least 4 members (excludes halogenated alkanes) is 3. The zero-order chi connectivity index (χ0) is 24.4. The minimum absolute atomic E-state index is 0.122. The number of ether oxygens (including phenoxy) is 4. The van der Waals surface area contributed by atoms with Crippen molar-refractivity contribution in [1.29, 1.82) is 0 Å². The van der Waals surface area contributed by atoms with Crippen molar-refractivity contribution in [3.05, 3.63) is 71.8 Å². The molecule has 0 radical (unpaired) electrons. The van der Waals surface area contributed by atoms with Crippen molar-refractivity contribution in [2.75, 3.05) is 13.6 Å². The van der Waals surface area contributed by atoms with Gasteiger partial charge in [-0.1, -0.05) is 73.5 Å². The van der Waals surface area contributed by atoms with Gasteiger partial charge in [0.2, 0.25) is 13.6 Å². The first kappa shape index (κ1) is 26.6. The Bertz CT molecular complexity index is 820. The first-order valence-electron chi connectivity index (χ1n) is 11.2. The normalized spacial score (nSPS) is 10.2. The van der Waals surface area contributed by atoms with Crippen LogP contribution in [-0.2, 0) is 51.0 Å². The molecule has 2 rings (SSSR count). The first-order chi connectivity index (χ1) is 16.5. The second kappa shape index (κ2) is 16.0. The number of hydrogen-bond acceptors (Lipinski definition) is 8. The highest BCUT2D eigenvalue weighted by atomic mass is 16.7. The van der Waals surface area contributed by atoms with Crippen LogP contribution in [-0.4, -0.2) is 37.5 Å². The third-order valence-electron chi connectivity index (χ3n) is 4.77. The Morgan fingerprint density at radius 3 is 1.21 bits per heavy atom. The monoisotopic (exact) mass is 470 g/mol. The maximum absolute atomic E-state index is 11.7. The molecule has 0 aliphatic carbocycles. The summed E-state index contributed by atoms with van der Waals surface area (Å²) in [5.74, 6) is -1.80. The highest BCUT2D eigenvalue weighted by Gasteiger charge is 2.09.